The van der Waals surface area contributed by atoms with Crippen molar-refractivity contribution in [2.75, 3.05) is 0 Å². The van der Waals surface area contributed by atoms with Crippen LogP contribution in [0, 0.1) is 20.4 Å². The van der Waals surface area contributed by atoms with Gasteiger partial charge in [-0.05, 0) is 13.8 Å². The molecule has 1 rings (SSSR count). The monoisotopic (exact) mass is 133 g/mol. The molecule has 10 heavy (non-hydrogen) atoms. The predicted molar refractivity (Wildman–Crippen MR) is 37.8 cm³/mol. The molecule has 0 aromatic carbocycles. The lowest BCUT2D eigenvalue weighted by molar-refractivity contribution is 1.07. The minimum atomic E-state index is 0.394. The second kappa shape index (κ2) is 2.44. The van der Waals surface area contributed by atoms with Crippen LogP contribution in [0.2, 0.25) is 0 Å². The standard InChI is InChI=1S/C7H7N3/c1-5-4-9-7(8-3)6(2)10-5/h4H,1-2H3. The molecular formula is C7H7N3. The molecule has 0 fully saturated rings. The Bertz CT molecular complexity index is 285. The van der Waals surface area contributed by atoms with Crippen LogP contribution in [0.15, 0.2) is 6.20 Å². The molecular weight excluding hydrogens is 126 g/mol. The molecule has 3 nitrogen and oxygen atoms in total. The molecule has 0 aliphatic heterocycles. The van der Waals surface area contributed by atoms with Crippen molar-refractivity contribution in [1.29, 1.82) is 0 Å². The lowest BCUT2D eigenvalue weighted by atomic mass is 10.4. The van der Waals surface area contributed by atoms with Crippen LogP contribution in [0.1, 0.15) is 11.4 Å². The number of rotatable bonds is 0. The summed E-state index contributed by atoms with van der Waals surface area (Å²) >= 11 is 0. The first kappa shape index (κ1) is 6.69. The van der Waals surface area contributed by atoms with Crippen LogP contribution in [0.25, 0.3) is 4.85 Å². The molecule has 0 unspecified atom stereocenters. The van der Waals surface area contributed by atoms with Gasteiger partial charge in [0.15, 0.2) is 0 Å². The summed E-state index contributed by atoms with van der Waals surface area (Å²) in [5, 5.41) is 0. The molecule has 0 aliphatic carbocycles. The average Bonchev–Trinajstić information content (AvgIpc) is 1.88. The van der Waals surface area contributed by atoms with E-state index in [1.165, 1.54) is 0 Å². The summed E-state index contributed by atoms with van der Waals surface area (Å²) < 4.78 is 0. The summed E-state index contributed by atoms with van der Waals surface area (Å²) in [5.74, 6) is 0.394. The van der Waals surface area contributed by atoms with Crippen LogP contribution in [0.4, 0.5) is 5.82 Å². The highest BCUT2D eigenvalue weighted by Crippen LogP contribution is 2.10. The first-order chi connectivity index (χ1) is 4.74. The fourth-order valence-electron chi connectivity index (χ4n) is 0.701. The first-order valence-corrected chi connectivity index (χ1v) is 2.91. The van der Waals surface area contributed by atoms with E-state index in [9.17, 15) is 0 Å². The third-order valence-electron chi connectivity index (χ3n) is 1.15. The van der Waals surface area contributed by atoms with Crippen molar-refractivity contribution < 1.29 is 0 Å². The van der Waals surface area contributed by atoms with Gasteiger partial charge in [0, 0.05) is 0 Å². The fourth-order valence-corrected chi connectivity index (χ4v) is 0.701. The Balaban J connectivity index is 3.23. The Morgan fingerprint density at radius 1 is 1.50 bits per heavy atom. The summed E-state index contributed by atoms with van der Waals surface area (Å²) in [4.78, 5) is 11.1. The Morgan fingerprint density at radius 2 is 2.20 bits per heavy atom. The molecule has 1 aromatic rings. The Labute approximate surface area is 59.6 Å². The van der Waals surface area contributed by atoms with Crippen molar-refractivity contribution in [2.24, 2.45) is 0 Å². The molecule has 0 atom stereocenters. The molecule has 0 bridgehead atoms. The van der Waals surface area contributed by atoms with Gasteiger partial charge in [0.25, 0.3) is 5.82 Å². The van der Waals surface area contributed by atoms with Crippen LogP contribution < -0.4 is 0 Å². The van der Waals surface area contributed by atoms with E-state index in [2.05, 4.69) is 14.8 Å². The maximum absolute atomic E-state index is 6.68. The molecule has 0 amide bonds. The van der Waals surface area contributed by atoms with E-state index in [-0.39, 0.29) is 0 Å². The molecule has 1 heterocycles. The minimum Gasteiger partial charge on any atom is -0.359 e. The smallest absolute Gasteiger partial charge is 0.290 e. The average molecular weight is 133 g/mol. The van der Waals surface area contributed by atoms with Gasteiger partial charge in [0.1, 0.15) is 6.20 Å². The fraction of sp³-hybridized carbons (Fsp3) is 0.286. The highest BCUT2D eigenvalue weighted by Gasteiger charge is 1.99. The van der Waals surface area contributed by atoms with Crippen molar-refractivity contribution >= 4 is 5.82 Å². The van der Waals surface area contributed by atoms with Gasteiger partial charge in [0.2, 0.25) is 0 Å². The molecule has 3 heteroatoms. The molecule has 0 radical (unpaired) electrons. The van der Waals surface area contributed by atoms with Gasteiger partial charge in [-0.3, -0.25) is 4.98 Å². The normalized spacial score (nSPS) is 8.90. The van der Waals surface area contributed by atoms with Crippen molar-refractivity contribution in [3.8, 4) is 0 Å². The molecule has 0 saturated carbocycles. The van der Waals surface area contributed by atoms with Gasteiger partial charge < -0.3 is 4.85 Å². The van der Waals surface area contributed by atoms with Crippen molar-refractivity contribution in [1.82, 2.24) is 9.97 Å². The van der Waals surface area contributed by atoms with Gasteiger partial charge in [-0.15, -0.1) is 4.98 Å². The van der Waals surface area contributed by atoms with Gasteiger partial charge in [-0.25, -0.2) is 0 Å². The highest BCUT2D eigenvalue weighted by molar-refractivity contribution is 5.39. The number of hydrogen-bond acceptors (Lipinski definition) is 2. The summed E-state index contributed by atoms with van der Waals surface area (Å²) in [6.07, 6.45) is 1.60. The van der Waals surface area contributed by atoms with Gasteiger partial charge in [-0.2, -0.15) is 0 Å². The van der Waals surface area contributed by atoms with E-state index in [1.54, 1.807) is 13.1 Å². The van der Waals surface area contributed by atoms with Gasteiger partial charge in [-0.1, -0.05) is 6.57 Å². The number of hydrogen-bond donors (Lipinski definition) is 0. The third kappa shape index (κ3) is 1.11. The zero-order valence-corrected chi connectivity index (χ0v) is 5.92. The number of nitrogens with zero attached hydrogens (tertiary/aromatic N) is 3. The zero-order valence-electron chi connectivity index (χ0n) is 5.92. The van der Waals surface area contributed by atoms with Crippen molar-refractivity contribution in [3.05, 3.63) is 29.0 Å². The maximum Gasteiger partial charge on any atom is 0.290 e. The van der Waals surface area contributed by atoms with Crippen LogP contribution in [-0.4, -0.2) is 9.97 Å². The lowest BCUT2D eigenvalue weighted by Gasteiger charge is -1.93. The second-order valence-electron chi connectivity index (χ2n) is 2.03. The summed E-state index contributed by atoms with van der Waals surface area (Å²) in [6.45, 7) is 10.3. The Morgan fingerprint density at radius 3 is 2.70 bits per heavy atom. The van der Waals surface area contributed by atoms with Crippen molar-refractivity contribution in [3.63, 3.8) is 0 Å². The Kier molecular flexibility index (Phi) is 1.63. The van der Waals surface area contributed by atoms with Gasteiger partial charge in [0.05, 0.1) is 11.4 Å². The molecule has 50 valence electrons. The van der Waals surface area contributed by atoms with Crippen LogP contribution in [-0.2, 0) is 0 Å². The van der Waals surface area contributed by atoms with E-state index < -0.39 is 0 Å². The van der Waals surface area contributed by atoms with Crippen LogP contribution >= 0.6 is 0 Å². The summed E-state index contributed by atoms with van der Waals surface area (Å²) in [6, 6.07) is 0. The van der Waals surface area contributed by atoms with E-state index in [0.717, 1.165) is 5.69 Å². The maximum atomic E-state index is 6.68. The highest BCUT2D eigenvalue weighted by atomic mass is 14.9. The predicted octanol–water partition coefficient (Wildman–Crippen LogP) is 1.64. The zero-order chi connectivity index (χ0) is 7.56. The van der Waals surface area contributed by atoms with E-state index >= 15 is 0 Å². The number of aryl methyl sites for hydroxylation is 2. The topological polar surface area (TPSA) is 30.1 Å². The van der Waals surface area contributed by atoms with E-state index in [0.29, 0.717) is 11.5 Å². The van der Waals surface area contributed by atoms with E-state index in [1.807, 2.05) is 6.92 Å². The first-order valence-electron chi connectivity index (χ1n) is 2.91. The van der Waals surface area contributed by atoms with Crippen LogP contribution in [0.5, 0.6) is 0 Å². The molecule has 1 aromatic heterocycles. The van der Waals surface area contributed by atoms with E-state index in [4.69, 9.17) is 6.57 Å². The lowest BCUT2D eigenvalue weighted by Crippen LogP contribution is -1.87. The van der Waals surface area contributed by atoms with Crippen molar-refractivity contribution in [2.45, 2.75) is 13.8 Å². The summed E-state index contributed by atoms with van der Waals surface area (Å²) in [7, 11) is 0. The Hall–Kier alpha value is -1.43. The summed E-state index contributed by atoms with van der Waals surface area (Å²) in [5.41, 5.74) is 1.56. The van der Waals surface area contributed by atoms with Gasteiger partial charge >= 0.3 is 0 Å². The quantitative estimate of drug-likeness (QED) is 0.503. The van der Waals surface area contributed by atoms with Crippen LogP contribution in [0.3, 0.4) is 0 Å². The molecule has 0 saturated heterocycles. The molecule has 0 spiro atoms. The second-order valence-corrected chi connectivity index (χ2v) is 2.03. The minimum absolute atomic E-state index is 0.394. The third-order valence-corrected chi connectivity index (χ3v) is 1.15. The largest absolute Gasteiger partial charge is 0.359 e. The molecule has 0 N–H and O–H groups in total. The molecule has 0 aliphatic rings. The number of aromatic nitrogens is 2. The SMILES string of the molecule is [C-]#[N+]c1ncc(C)nc1C.